The van der Waals surface area contributed by atoms with E-state index in [1.807, 2.05) is 0 Å². The van der Waals surface area contributed by atoms with Crippen LogP contribution in [0.15, 0.2) is 24.5 Å². The summed E-state index contributed by atoms with van der Waals surface area (Å²) in [6, 6.07) is 5.36. The van der Waals surface area contributed by atoms with Gasteiger partial charge in [0.05, 0.1) is 12.2 Å². The minimum Gasteiger partial charge on any atom is -0.481 e. The van der Waals surface area contributed by atoms with Crippen LogP contribution < -0.4 is 15.0 Å². The second-order valence-corrected chi connectivity index (χ2v) is 7.72. The molecule has 0 spiro atoms. The lowest BCUT2D eigenvalue weighted by Gasteiger charge is -2.36. The van der Waals surface area contributed by atoms with Gasteiger partial charge in [0.1, 0.15) is 12.1 Å². The number of hydrogen-bond acceptors (Lipinski definition) is 6. The molecule has 9 heteroatoms. The number of anilines is 2. The molecule has 2 heterocycles. The molecule has 4 rings (SSSR count). The smallest absolute Gasteiger partial charge is 0.264 e. The van der Waals surface area contributed by atoms with Crippen LogP contribution in [0.4, 0.5) is 11.4 Å². The van der Waals surface area contributed by atoms with Gasteiger partial charge in [-0.15, -0.1) is 5.10 Å². The minimum absolute atomic E-state index is 0.00987. The first-order chi connectivity index (χ1) is 13.5. The van der Waals surface area contributed by atoms with E-state index in [0.29, 0.717) is 30.1 Å². The Morgan fingerprint density at radius 1 is 1.29 bits per heavy atom. The van der Waals surface area contributed by atoms with E-state index in [9.17, 15) is 9.59 Å². The van der Waals surface area contributed by atoms with Crippen molar-refractivity contribution in [2.45, 2.75) is 45.1 Å². The number of tetrazole rings is 1. The molecule has 1 N–H and O–H groups in total. The van der Waals surface area contributed by atoms with Gasteiger partial charge in [-0.3, -0.25) is 9.59 Å². The third-order valence-electron chi connectivity index (χ3n) is 5.67. The highest BCUT2D eigenvalue weighted by Crippen LogP contribution is 2.41. The second kappa shape index (κ2) is 7.57. The van der Waals surface area contributed by atoms with Gasteiger partial charge in [0, 0.05) is 25.2 Å². The fourth-order valence-corrected chi connectivity index (χ4v) is 4.19. The van der Waals surface area contributed by atoms with Crippen LogP contribution >= 0.6 is 0 Å². The molecule has 148 valence electrons. The summed E-state index contributed by atoms with van der Waals surface area (Å²) in [4.78, 5) is 26.1. The zero-order chi connectivity index (χ0) is 19.6. The van der Waals surface area contributed by atoms with Crippen molar-refractivity contribution in [3.8, 4) is 5.75 Å². The van der Waals surface area contributed by atoms with Gasteiger partial charge in [-0.2, -0.15) is 0 Å². The number of nitrogens with one attached hydrogen (secondary N) is 1. The molecule has 28 heavy (non-hydrogen) atoms. The van der Waals surface area contributed by atoms with E-state index in [1.54, 1.807) is 41.2 Å². The lowest BCUT2D eigenvalue weighted by atomic mass is 9.71. The van der Waals surface area contributed by atoms with Gasteiger partial charge in [0.25, 0.3) is 5.91 Å². The maximum Gasteiger partial charge on any atom is 0.264 e. The second-order valence-electron chi connectivity index (χ2n) is 7.72. The Morgan fingerprint density at radius 2 is 2.11 bits per heavy atom. The molecule has 0 atom stereocenters. The van der Waals surface area contributed by atoms with Crippen LogP contribution in [0.2, 0.25) is 0 Å². The molecule has 0 saturated heterocycles. The molecule has 0 bridgehead atoms. The predicted octanol–water partition coefficient (Wildman–Crippen LogP) is 2.01. The first-order valence-electron chi connectivity index (χ1n) is 9.59. The summed E-state index contributed by atoms with van der Waals surface area (Å²) < 4.78 is 7.22. The van der Waals surface area contributed by atoms with E-state index in [1.165, 1.54) is 6.42 Å². The Balaban J connectivity index is 1.46. The Morgan fingerprint density at radius 3 is 2.86 bits per heavy atom. The lowest BCUT2D eigenvalue weighted by molar-refractivity contribution is -0.121. The summed E-state index contributed by atoms with van der Waals surface area (Å²) in [6.07, 6.45) is 7.43. The quantitative estimate of drug-likeness (QED) is 0.846. The van der Waals surface area contributed by atoms with Gasteiger partial charge in [-0.05, 0) is 40.8 Å². The zero-order valence-electron chi connectivity index (χ0n) is 15.9. The standard InChI is InChI=1S/C19H24N6O3/c1-24-15-6-5-14(9-16(15)28-11-18(24)27)21-17(26)10-19(7-3-2-4-8-19)12-25-13-20-22-23-25/h5-6,9,13H,2-4,7-8,10-12H2,1H3,(H,21,26). The highest BCUT2D eigenvalue weighted by molar-refractivity contribution is 5.98. The number of amides is 2. The monoisotopic (exact) mass is 384 g/mol. The van der Waals surface area contributed by atoms with Crippen LogP contribution in [0, 0.1) is 5.41 Å². The van der Waals surface area contributed by atoms with Gasteiger partial charge in [0.2, 0.25) is 5.91 Å². The zero-order valence-corrected chi connectivity index (χ0v) is 15.9. The van der Waals surface area contributed by atoms with Crippen LogP contribution in [0.3, 0.4) is 0 Å². The average Bonchev–Trinajstić information content (AvgIpc) is 3.18. The molecule has 0 radical (unpaired) electrons. The highest BCUT2D eigenvalue weighted by Gasteiger charge is 2.35. The fourth-order valence-electron chi connectivity index (χ4n) is 4.19. The van der Waals surface area contributed by atoms with Crippen molar-refractivity contribution in [2.75, 3.05) is 23.9 Å². The van der Waals surface area contributed by atoms with Gasteiger partial charge >= 0.3 is 0 Å². The van der Waals surface area contributed by atoms with Crippen molar-refractivity contribution in [1.29, 1.82) is 0 Å². The normalized spacial score (nSPS) is 18.3. The third kappa shape index (κ3) is 3.83. The maximum absolute atomic E-state index is 12.8. The molecule has 1 saturated carbocycles. The number of fused-ring (bicyclic) bond motifs is 1. The largest absolute Gasteiger partial charge is 0.481 e. The van der Waals surface area contributed by atoms with Crippen molar-refractivity contribution >= 4 is 23.2 Å². The minimum atomic E-state index is -0.130. The van der Waals surface area contributed by atoms with E-state index >= 15 is 0 Å². The van der Waals surface area contributed by atoms with Crippen molar-refractivity contribution in [1.82, 2.24) is 20.2 Å². The van der Waals surface area contributed by atoms with Crippen LogP contribution in [0.5, 0.6) is 5.75 Å². The number of ether oxygens (including phenoxy) is 1. The summed E-state index contributed by atoms with van der Waals surface area (Å²) in [7, 11) is 1.72. The Bertz CT molecular complexity index is 861. The van der Waals surface area contributed by atoms with Crippen molar-refractivity contribution in [3.05, 3.63) is 24.5 Å². The number of aromatic nitrogens is 4. The first kappa shape index (κ1) is 18.4. The Labute approximate surface area is 163 Å². The van der Waals surface area contributed by atoms with Gasteiger partial charge in [0.15, 0.2) is 6.61 Å². The molecule has 1 aromatic carbocycles. The molecule has 1 aliphatic heterocycles. The molecule has 1 fully saturated rings. The lowest BCUT2D eigenvalue weighted by Crippen LogP contribution is -2.35. The van der Waals surface area contributed by atoms with E-state index < -0.39 is 0 Å². The van der Waals surface area contributed by atoms with Crippen LogP contribution in [0.25, 0.3) is 0 Å². The molecule has 9 nitrogen and oxygen atoms in total. The van der Waals surface area contributed by atoms with Crippen molar-refractivity contribution in [3.63, 3.8) is 0 Å². The van der Waals surface area contributed by atoms with Gasteiger partial charge in [-0.1, -0.05) is 19.3 Å². The number of carbonyl (C=O) groups excluding carboxylic acids is 2. The molecular formula is C19H24N6O3. The SMILES string of the molecule is CN1C(=O)COc2cc(NC(=O)CC3(Cn4cnnn4)CCCCC3)ccc21. The highest BCUT2D eigenvalue weighted by atomic mass is 16.5. The summed E-state index contributed by atoms with van der Waals surface area (Å²) >= 11 is 0. The Hall–Kier alpha value is -2.97. The molecule has 2 aliphatic rings. The predicted molar refractivity (Wildman–Crippen MR) is 102 cm³/mol. The number of likely N-dealkylation sites (N-methyl/N-ethyl adjacent to an activating group) is 1. The molecule has 1 aliphatic carbocycles. The first-order valence-corrected chi connectivity index (χ1v) is 9.59. The van der Waals surface area contributed by atoms with Crippen molar-refractivity contribution in [2.24, 2.45) is 5.41 Å². The number of nitrogens with zero attached hydrogens (tertiary/aromatic N) is 5. The molecule has 0 unspecified atom stereocenters. The third-order valence-corrected chi connectivity index (χ3v) is 5.67. The number of hydrogen-bond donors (Lipinski definition) is 1. The van der Waals surface area contributed by atoms with E-state index in [2.05, 4.69) is 20.8 Å². The summed E-state index contributed by atoms with van der Waals surface area (Å²) in [6.45, 7) is 0.656. The fraction of sp³-hybridized carbons (Fsp3) is 0.526. The van der Waals surface area contributed by atoms with Crippen LogP contribution in [-0.2, 0) is 16.1 Å². The van der Waals surface area contributed by atoms with E-state index in [4.69, 9.17) is 4.74 Å². The van der Waals surface area contributed by atoms with Crippen LogP contribution in [0.1, 0.15) is 38.5 Å². The molecule has 1 aromatic heterocycles. The van der Waals surface area contributed by atoms with E-state index in [-0.39, 0.29) is 23.8 Å². The number of rotatable bonds is 5. The molecule has 2 aromatic rings. The maximum atomic E-state index is 12.8. The average molecular weight is 384 g/mol. The summed E-state index contributed by atoms with van der Waals surface area (Å²) in [5.41, 5.74) is 1.24. The van der Waals surface area contributed by atoms with Gasteiger partial charge < -0.3 is 15.0 Å². The van der Waals surface area contributed by atoms with Crippen LogP contribution in [-0.4, -0.2) is 45.7 Å². The molecular weight excluding hydrogens is 360 g/mol. The topological polar surface area (TPSA) is 102 Å². The number of carbonyl (C=O) groups is 2. The summed E-state index contributed by atoms with van der Waals surface area (Å²) in [5, 5.41) is 14.4. The Kier molecular flexibility index (Phi) is 4.97. The van der Waals surface area contributed by atoms with Crippen molar-refractivity contribution < 1.29 is 14.3 Å². The van der Waals surface area contributed by atoms with E-state index in [0.717, 1.165) is 25.7 Å². The van der Waals surface area contributed by atoms with Gasteiger partial charge in [-0.25, -0.2) is 4.68 Å². The molecule has 2 amide bonds. The number of benzene rings is 1. The summed E-state index contributed by atoms with van der Waals surface area (Å²) in [5.74, 6) is 0.474.